The van der Waals surface area contributed by atoms with Crippen molar-refractivity contribution in [3.63, 3.8) is 0 Å². The van der Waals surface area contributed by atoms with E-state index in [4.69, 9.17) is 0 Å². The minimum Gasteiger partial charge on any atom is -0.481 e. The number of aliphatic hydroxyl groups excluding tert-OH is 1. The number of rotatable bonds is 6. The van der Waals surface area contributed by atoms with Crippen molar-refractivity contribution in [2.75, 3.05) is 0 Å². The molecule has 0 saturated carbocycles. The fraction of sp³-hybridized carbons (Fsp3) is 0.316. The maximum atomic E-state index is 11.3. The molecular weight excluding hydrogens is 276 g/mol. The number of aliphatic hydroxyl groups is 1. The van der Waals surface area contributed by atoms with Crippen molar-refractivity contribution in [2.45, 2.75) is 25.9 Å². The molecule has 116 valence electrons. The van der Waals surface area contributed by atoms with Crippen LogP contribution in [0.3, 0.4) is 0 Å². The largest absolute Gasteiger partial charge is 0.481 e. The molecule has 2 rings (SSSR count). The second kappa shape index (κ2) is 7.23. The van der Waals surface area contributed by atoms with E-state index in [1.807, 2.05) is 61.6 Å². The minimum atomic E-state index is -0.836. The van der Waals surface area contributed by atoms with Crippen LogP contribution in [0.2, 0.25) is 0 Å². The van der Waals surface area contributed by atoms with E-state index in [-0.39, 0.29) is 0 Å². The van der Waals surface area contributed by atoms with Gasteiger partial charge in [0, 0.05) is 5.41 Å². The van der Waals surface area contributed by atoms with Crippen LogP contribution in [0.15, 0.2) is 66.8 Å². The van der Waals surface area contributed by atoms with Crippen LogP contribution in [0, 0.1) is 11.3 Å². The second-order valence-electron chi connectivity index (χ2n) is 5.91. The molecule has 3 heteroatoms. The Morgan fingerprint density at radius 2 is 2.05 bits per heavy atom. The quantitative estimate of drug-likeness (QED) is 0.792. The number of benzene rings is 1. The predicted molar refractivity (Wildman–Crippen MR) is 87.4 cm³/mol. The van der Waals surface area contributed by atoms with Gasteiger partial charge in [-0.1, -0.05) is 73.7 Å². The lowest BCUT2D eigenvalue weighted by Gasteiger charge is -2.29. The Kier molecular flexibility index (Phi) is 5.34. The zero-order valence-corrected chi connectivity index (χ0v) is 12.7. The molecule has 0 amide bonds. The van der Waals surface area contributed by atoms with Gasteiger partial charge in [-0.05, 0) is 18.4 Å². The summed E-state index contributed by atoms with van der Waals surface area (Å²) in [4.78, 5) is 11.3. The lowest BCUT2D eigenvalue weighted by molar-refractivity contribution is -0.142. The van der Waals surface area contributed by atoms with E-state index >= 15 is 0 Å². The van der Waals surface area contributed by atoms with Crippen molar-refractivity contribution in [3.05, 3.63) is 72.4 Å². The second-order valence-corrected chi connectivity index (χ2v) is 5.91. The SMILES string of the molecule is CC1(/C=C/CC(O)Cc2ccccc2)C=CC=CC1C(=O)O. The average Bonchev–Trinajstić information content (AvgIpc) is 2.48. The molecule has 3 atom stereocenters. The molecule has 22 heavy (non-hydrogen) atoms. The van der Waals surface area contributed by atoms with Gasteiger partial charge < -0.3 is 10.2 Å². The van der Waals surface area contributed by atoms with Gasteiger partial charge in [0.2, 0.25) is 0 Å². The summed E-state index contributed by atoms with van der Waals surface area (Å²) >= 11 is 0. The number of carboxylic acids is 1. The molecule has 0 saturated heterocycles. The summed E-state index contributed by atoms with van der Waals surface area (Å²) in [5.41, 5.74) is 0.547. The van der Waals surface area contributed by atoms with Gasteiger partial charge in [-0.2, -0.15) is 0 Å². The third-order valence-corrected chi connectivity index (χ3v) is 4.01. The third kappa shape index (κ3) is 4.18. The van der Waals surface area contributed by atoms with Crippen molar-refractivity contribution in [1.82, 2.24) is 0 Å². The summed E-state index contributed by atoms with van der Waals surface area (Å²) in [6.45, 7) is 1.89. The van der Waals surface area contributed by atoms with Crippen molar-refractivity contribution in [3.8, 4) is 0 Å². The average molecular weight is 298 g/mol. The molecule has 0 heterocycles. The maximum Gasteiger partial charge on any atom is 0.311 e. The molecule has 3 nitrogen and oxygen atoms in total. The highest BCUT2D eigenvalue weighted by molar-refractivity contribution is 5.74. The zero-order valence-electron chi connectivity index (χ0n) is 12.7. The first-order chi connectivity index (χ1) is 10.5. The van der Waals surface area contributed by atoms with Gasteiger partial charge in [0.15, 0.2) is 0 Å². The first kappa shape index (κ1) is 16.2. The van der Waals surface area contributed by atoms with Crippen LogP contribution in [-0.4, -0.2) is 22.3 Å². The van der Waals surface area contributed by atoms with Crippen LogP contribution in [0.25, 0.3) is 0 Å². The summed E-state index contributed by atoms with van der Waals surface area (Å²) in [7, 11) is 0. The van der Waals surface area contributed by atoms with E-state index in [0.717, 1.165) is 5.56 Å². The van der Waals surface area contributed by atoms with Crippen molar-refractivity contribution >= 4 is 5.97 Å². The summed E-state index contributed by atoms with van der Waals surface area (Å²) in [6, 6.07) is 9.84. The van der Waals surface area contributed by atoms with Gasteiger partial charge in [0.25, 0.3) is 0 Å². The molecule has 0 fully saturated rings. The summed E-state index contributed by atoms with van der Waals surface area (Å²) in [5, 5.41) is 19.4. The van der Waals surface area contributed by atoms with E-state index in [2.05, 4.69) is 0 Å². The fourth-order valence-corrected chi connectivity index (χ4v) is 2.71. The molecule has 1 aliphatic rings. The van der Waals surface area contributed by atoms with Crippen LogP contribution >= 0.6 is 0 Å². The summed E-state index contributed by atoms with van der Waals surface area (Å²) in [5.74, 6) is -1.40. The van der Waals surface area contributed by atoms with Crippen molar-refractivity contribution < 1.29 is 15.0 Å². The Morgan fingerprint density at radius 3 is 2.73 bits per heavy atom. The van der Waals surface area contributed by atoms with E-state index in [1.54, 1.807) is 12.2 Å². The number of aliphatic carboxylic acids is 1. The Morgan fingerprint density at radius 1 is 1.32 bits per heavy atom. The molecule has 1 aliphatic carbocycles. The monoisotopic (exact) mass is 298 g/mol. The van der Waals surface area contributed by atoms with E-state index < -0.39 is 23.4 Å². The number of hydrogen-bond acceptors (Lipinski definition) is 2. The molecule has 0 aromatic heterocycles. The highest BCUT2D eigenvalue weighted by atomic mass is 16.4. The van der Waals surface area contributed by atoms with Gasteiger partial charge >= 0.3 is 5.97 Å². The Bertz CT molecular complexity index is 586. The molecule has 1 aromatic carbocycles. The standard InChI is InChI=1S/C19H22O3/c1-19(12-6-5-11-17(19)18(21)22)13-7-10-16(20)14-15-8-3-2-4-9-15/h2-9,11-13,16-17,20H,10,14H2,1H3,(H,21,22)/b13-7+. The molecular formula is C19H22O3. The number of carbonyl (C=O) groups is 1. The molecule has 0 aliphatic heterocycles. The van der Waals surface area contributed by atoms with Gasteiger partial charge in [-0.3, -0.25) is 4.79 Å². The molecule has 3 unspecified atom stereocenters. The summed E-state index contributed by atoms with van der Waals surface area (Å²) in [6.07, 6.45) is 11.6. The predicted octanol–water partition coefficient (Wildman–Crippen LogP) is 3.37. The van der Waals surface area contributed by atoms with Crippen LogP contribution in [0.1, 0.15) is 18.9 Å². The normalized spacial score (nSPS) is 25.5. The van der Waals surface area contributed by atoms with Crippen LogP contribution in [0.4, 0.5) is 0 Å². The molecule has 1 aromatic rings. The molecule has 0 spiro atoms. The minimum absolute atomic E-state index is 0.464. The topological polar surface area (TPSA) is 57.5 Å². The Labute approximate surface area is 131 Å². The van der Waals surface area contributed by atoms with E-state index in [1.165, 1.54) is 0 Å². The highest BCUT2D eigenvalue weighted by Gasteiger charge is 2.34. The zero-order chi connectivity index (χ0) is 16.0. The van der Waals surface area contributed by atoms with Crippen LogP contribution < -0.4 is 0 Å². The molecule has 0 bridgehead atoms. The van der Waals surface area contributed by atoms with Crippen molar-refractivity contribution in [2.24, 2.45) is 11.3 Å². The van der Waals surface area contributed by atoms with Crippen LogP contribution in [-0.2, 0) is 11.2 Å². The number of allylic oxidation sites excluding steroid dienone is 4. The van der Waals surface area contributed by atoms with Crippen LogP contribution in [0.5, 0.6) is 0 Å². The van der Waals surface area contributed by atoms with Gasteiger partial charge in [-0.15, -0.1) is 0 Å². The van der Waals surface area contributed by atoms with E-state index in [9.17, 15) is 15.0 Å². The lowest BCUT2D eigenvalue weighted by atomic mass is 9.74. The summed E-state index contributed by atoms with van der Waals surface area (Å²) < 4.78 is 0. The smallest absolute Gasteiger partial charge is 0.311 e. The first-order valence-electron chi connectivity index (χ1n) is 7.50. The highest BCUT2D eigenvalue weighted by Crippen LogP contribution is 2.35. The molecule has 2 N–H and O–H groups in total. The Balaban J connectivity index is 1.95. The van der Waals surface area contributed by atoms with Gasteiger partial charge in [0.1, 0.15) is 0 Å². The first-order valence-corrected chi connectivity index (χ1v) is 7.50. The lowest BCUT2D eigenvalue weighted by Crippen LogP contribution is -2.30. The van der Waals surface area contributed by atoms with Gasteiger partial charge in [-0.25, -0.2) is 0 Å². The fourth-order valence-electron chi connectivity index (χ4n) is 2.71. The maximum absolute atomic E-state index is 11.3. The number of carboxylic acid groups (broad SMARTS) is 1. The van der Waals surface area contributed by atoms with E-state index in [0.29, 0.717) is 12.8 Å². The Hall–Kier alpha value is -2.13. The van der Waals surface area contributed by atoms with Crippen molar-refractivity contribution in [1.29, 1.82) is 0 Å². The molecule has 0 radical (unpaired) electrons. The number of hydrogen-bond donors (Lipinski definition) is 2. The van der Waals surface area contributed by atoms with Gasteiger partial charge in [0.05, 0.1) is 12.0 Å². The third-order valence-electron chi connectivity index (χ3n) is 4.01.